The number of nitrogens with zero attached hydrogens (tertiary/aromatic N) is 3. The molecule has 3 heterocycles. The fourth-order valence-electron chi connectivity index (χ4n) is 3.38. The monoisotopic (exact) mass is 403 g/mol. The SMILES string of the molecule is CN(c1c2c(c(O)c3ncccc13)C(=O)N(Cc1cccs1)C2)S(C)(=O)=O. The molecule has 1 N–H and O–H groups in total. The van der Waals surface area contributed by atoms with Gasteiger partial charge in [-0.25, -0.2) is 8.42 Å². The number of benzene rings is 1. The summed E-state index contributed by atoms with van der Waals surface area (Å²) < 4.78 is 25.6. The van der Waals surface area contributed by atoms with Gasteiger partial charge in [-0.3, -0.25) is 14.1 Å². The van der Waals surface area contributed by atoms with Crippen LogP contribution in [0.1, 0.15) is 20.8 Å². The number of thiophene rings is 1. The highest BCUT2D eigenvalue weighted by Crippen LogP contribution is 2.44. The Balaban J connectivity index is 1.94. The molecular weight excluding hydrogens is 386 g/mol. The minimum absolute atomic E-state index is 0.128. The summed E-state index contributed by atoms with van der Waals surface area (Å²) in [6, 6.07) is 7.22. The highest BCUT2D eigenvalue weighted by Gasteiger charge is 2.37. The predicted octanol–water partition coefficient (Wildman–Crippen LogP) is 2.55. The minimum Gasteiger partial charge on any atom is -0.505 e. The molecule has 0 saturated carbocycles. The number of hydrogen-bond acceptors (Lipinski definition) is 6. The van der Waals surface area contributed by atoms with Gasteiger partial charge in [0.1, 0.15) is 5.52 Å². The van der Waals surface area contributed by atoms with E-state index in [9.17, 15) is 18.3 Å². The molecule has 2 aromatic heterocycles. The lowest BCUT2D eigenvalue weighted by Crippen LogP contribution is -2.26. The van der Waals surface area contributed by atoms with Crippen molar-refractivity contribution < 1.29 is 18.3 Å². The first-order valence-corrected chi connectivity index (χ1v) is 10.9. The van der Waals surface area contributed by atoms with E-state index in [0.717, 1.165) is 15.4 Å². The van der Waals surface area contributed by atoms with Gasteiger partial charge in [-0.15, -0.1) is 11.3 Å². The summed E-state index contributed by atoms with van der Waals surface area (Å²) >= 11 is 1.54. The molecule has 0 unspecified atom stereocenters. The Kier molecular flexibility index (Phi) is 4.08. The standard InChI is InChI=1S/C18H17N3O4S2/c1-20(27(2,24)25)16-12-6-3-7-19-15(12)17(22)14-13(16)10-21(18(14)23)9-11-5-4-8-26-11/h3-8,22H,9-10H2,1-2H3. The summed E-state index contributed by atoms with van der Waals surface area (Å²) in [6.07, 6.45) is 2.61. The quantitative estimate of drug-likeness (QED) is 0.723. The summed E-state index contributed by atoms with van der Waals surface area (Å²) in [5, 5.41) is 13.1. The first-order chi connectivity index (χ1) is 12.8. The number of aromatic nitrogens is 1. The molecule has 7 nitrogen and oxygen atoms in total. The van der Waals surface area contributed by atoms with Crippen LogP contribution in [0.2, 0.25) is 0 Å². The average Bonchev–Trinajstić information content (AvgIpc) is 3.23. The van der Waals surface area contributed by atoms with Gasteiger partial charge in [-0.2, -0.15) is 0 Å². The van der Waals surface area contributed by atoms with E-state index in [1.165, 1.54) is 24.6 Å². The van der Waals surface area contributed by atoms with Crippen LogP contribution in [0.3, 0.4) is 0 Å². The van der Waals surface area contributed by atoms with E-state index in [1.54, 1.807) is 17.0 Å². The molecule has 0 atom stereocenters. The summed E-state index contributed by atoms with van der Waals surface area (Å²) in [5.74, 6) is -0.531. The lowest BCUT2D eigenvalue weighted by Gasteiger charge is -2.22. The van der Waals surface area contributed by atoms with Crippen molar-refractivity contribution in [2.75, 3.05) is 17.6 Å². The second-order valence-corrected chi connectivity index (χ2v) is 9.47. The second-order valence-electron chi connectivity index (χ2n) is 6.42. The smallest absolute Gasteiger partial charge is 0.258 e. The van der Waals surface area contributed by atoms with E-state index in [4.69, 9.17) is 0 Å². The molecule has 0 aliphatic carbocycles. The van der Waals surface area contributed by atoms with Gasteiger partial charge >= 0.3 is 0 Å². The number of pyridine rings is 1. The van der Waals surface area contributed by atoms with Gasteiger partial charge < -0.3 is 10.0 Å². The predicted molar refractivity (Wildman–Crippen MR) is 105 cm³/mol. The van der Waals surface area contributed by atoms with Gasteiger partial charge in [0.05, 0.1) is 24.1 Å². The van der Waals surface area contributed by atoms with Gasteiger partial charge in [0.25, 0.3) is 5.91 Å². The number of carbonyl (C=O) groups is 1. The molecule has 27 heavy (non-hydrogen) atoms. The molecule has 1 amide bonds. The van der Waals surface area contributed by atoms with Crippen molar-refractivity contribution in [3.8, 4) is 5.75 Å². The third-order valence-electron chi connectivity index (χ3n) is 4.70. The van der Waals surface area contributed by atoms with Crippen molar-refractivity contribution in [1.29, 1.82) is 0 Å². The maximum absolute atomic E-state index is 13.0. The third-order valence-corrected chi connectivity index (χ3v) is 6.74. The van der Waals surface area contributed by atoms with Crippen LogP contribution < -0.4 is 4.31 Å². The van der Waals surface area contributed by atoms with E-state index in [0.29, 0.717) is 23.2 Å². The zero-order valence-electron chi connectivity index (χ0n) is 14.7. The Labute approximate surface area is 160 Å². The van der Waals surface area contributed by atoms with Crippen molar-refractivity contribution >= 4 is 43.9 Å². The van der Waals surface area contributed by atoms with Gasteiger partial charge in [0.15, 0.2) is 5.75 Å². The number of sulfonamides is 1. The summed E-state index contributed by atoms with van der Waals surface area (Å²) in [4.78, 5) is 19.8. The Hall–Kier alpha value is -2.65. The van der Waals surface area contributed by atoms with Crippen LogP contribution in [0.15, 0.2) is 35.8 Å². The van der Waals surface area contributed by atoms with Crippen LogP contribution in [0.5, 0.6) is 5.75 Å². The largest absolute Gasteiger partial charge is 0.505 e. The Morgan fingerprint density at radius 1 is 1.33 bits per heavy atom. The molecule has 0 spiro atoms. The first-order valence-electron chi connectivity index (χ1n) is 8.17. The number of amides is 1. The lowest BCUT2D eigenvalue weighted by molar-refractivity contribution is 0.0766. The summed E-state index contributed by atoms with van der Waals surface area (Å²) in [7, 11) is -2.13. The van der Waals surface area contributed by atoms with Gasteiger partial charge in [0.2, 0.25) is 10.0 Å². The molecule has 9 heteroatoms. The molecule has 0 radical (unpaired) electrons. The first kappa shape index (κ1) is 17.7. The number of fused-ring (bicyclic) bond motifs is 2. The van der Waals surface area contributed by atoms with Gasteiger partial charge in [0, 0.05) is 35.6 Å². The molecule has 140 valence electrons. The van der Waals surface area contributed by atoms with Crippen molar-refractivity contribution in [1.82, 2.24) is 9.88 Å². The lowest BCUT2D eigenvalue weighted by atomic mass is 10.0. The van der Waals surface area contributed by atoms with Crippen LogP contribution in [0, 0.1) is 0 Å². The van der Waals surface area contributed by atoms with Crippen molar-refractivity contribution in [2.45, 2.75) is 13.1 Å². The summed E-state index contributed by atoms with van der Waals surface area (Å²) in [5.41, 5.74) is 1.23. The number of phenolic OH excluding ortho intramolecular Hbond substituents is 1. The molecule has 0 fully saturated rings. The number of hydrogen-bond donors (Lipinski definition) is 1. The molecule has 1 aromatic carbocycles. The second kappa shape index (κ2) is 6.21. The fraction of sp³-hybridized carbons (Fsp3) is 0.222. The van der Waals surface area contributed by atoms with Gasteiger partial charge in [-0.1, -0.05) is 6.07 Å². The third kappa shape index (κ3) is 2.83. The normalized spacial score (nSPS) is 14.0. The number of phenols is 1. The Morgan fingerprint density at radius 3 is 2.78 bits per heavy atom. The van der Waals surface area contributed by atoms with Gasteiger partial charge in [-0.05, 0) is 23.6 Å². The molecular formula is C18H17N3O4S2. The highest BCUT2D eigenvalue weighted by molar-refractivity contribution is 7.92. The van der Waals surface area contributed by atoms with Crippen LogP contribution in [-0.4, -0.2) is 42.6 Å². The molecule has 1 aliphatic heterocycles. The maximum atomic E-state index is 13.0. The molecule has 4 rings (SSSR count). The van der Waals surface area contributed by atoms with Crippen LogP contribution >= 0.6 is 11.3 Å². The van der Waals surface area contributed by atoms with E-state index in [-0.39, 0.29) is 29.3 Å². The molecule has 3 aromatic rings. The summed E-state index contributed by atoms with van der Waals surface area (Å²) in [6.45, 7) is 0.621. The minimum atomic E-state index is -3.57. The molecule has 0 saturated heterocycles. The topological polar surface area (TPSA) is 90.8 Å². The van der Waals surface area contributed by atoms with Crippen LogP contribution in [0.4, 0.5) is 5.69 Å². The number of carbonyl (C=O) groups excluding carboxylic acids is 1. The van der Waals surface area contributed by atoms with Crippen molar-refractivity contribution in [2.24, 2.45) is 0 Å². The number of aromatic hydroxyl groups is 1. The maximum Gasteiger partial charge on any atom is 0.258 e. The highest BCUT2D eigenvalue weighted by atomic mass is 32.2. The average molecular weight is 403 g/mol. The van der Waals surface area contributed by atoms with E-state index < -0.39 is 10.0 Å². The van der Waals surface area contributed by atoms with E-state index in [1.807, 2.05) is 17.5 Å². The number of rotatable bonds is 4. The molecule has 1 aliphatic rings. The van der Waals surface area contributed by atoms with E-state index >= 15 is 0 Å². The zero-order valence-corrected chi connectivity index (χ0v) is 16.3. The Bertz CT molecular complexity index is 1160. The van der Waals surface area contributed by atoms with Crippen LogP contribution in [-0.2, 0) is 23.1 Å². The molecule has 0 bridgehead atoms. The Morgan fingerprint density at radius 2 is 2.11 bits per heavy atom. The van der Waals surface area contributed by atoms with E-state index in [2.05, 4.69) is 4.98 Å². The van der Waals surface area contributed by atoms with Crippen molar-refractivity contribution in [3.63, 3.8) is 0 Å². The fourth-order valence-corrected chi connectivity index (χ4v) is 4.64. The van der Waals surface area contributed by atoms with Crippen molar-refractivity contribution in [3.05, 3.63) is 51.8 Å². The zero-order chi connectivity index (χ0) is 19.3. The number of anilines is 1. The van der Waals surface area contributed by atoms with Crippen LogP contribution in [0.25, 0.3) is 10.9 Å².